The molecule has 9 heteroatoms. The second-order valence-corrected chi connectivity index (χ2v) is 8.36. The number of non-ortho nitro benzene ring substituents is 1. The number of carbonyl (C=O) groups excluding carboxylic acids is 2. The Bertz CT molecular complexity index is 1010. The van der Waals surface area contributed by atoms with Gasteiger partial charge in [-0.15, -0.1) is 0 Å². The molecule has 0 aromatic heterocycles. The van der Waals surface area contributed by atoms with Crippen molar-refractivity contribution in [3.8, 4) is 5.75 Å². The molecule has 3 rings (SSSR count). The molecule has 0 spiro atoms. The van der Waals surface area contributed by atoms with E-state index in [4.69, 9.17) is 14.2 Å². The average Bonchev–Trinajstić information content (AvgIpc) is 2.83. The van der Waals surface area contributed by atoms with Gasteiger partial charge in [-0.25, -0.2) is 4.79 Å². The Hall–Kier alpha value is -3.46. The van der Waals surface area contributed by atoms with E-state index >= 15 is 0 Å². The monoisotopic (exact) mass is 456 g/mol. The first-order chi connectivity index (χ1) is 15.8. The predicted octanol–water partition coefficient (Wildman–Crippen LogP) is 4.10. The number of nitrogens with one attached hydrogen (secondary N) is 1. The number of nitro groups is 1. The third kappa shape index (κ3) is 5.48. The Kier molecular flexibility index (Phi) is 7.65. The van der Waals surface area contributed by atoms with Gasteiger partial charge in [0, 0.05) is 31.0 Å². The molecule has 0 radical (unpaired) electrons. The van der Waals surface area contributed by atoms with Crippen molar-refractivity contribution in [2.75, 3.05) is 32.2 Å². The van der Waals surface area contributed by atoms with E-state index in [9.17, 15) is 19.7 Å². The number of ether oxygens (including phenoxy) is 3. The van der Waals surface area contributed by atoms with Crippen molar-refractivity contribution in [2.24, 2.45) is 5.92 Å². The summed E-state index contributed by atoms with van der Waals surface area (Å²) in [7, 11) is 1.28. The van der Waals surface area contributed by atoms with Gasteiger partial charge in [-0.3, -0.25) is 14.9 Å². The third-order valence-corrected chi connectivity index (χ3v) is 5.63. The summed E-state index contributed by atoms with van der Waals surface area (Å²) in [6.45, 7) is 5.20. The summed E-state index contributed by atoms with van der Waals surface area (Å²) in [4.78, 5) is 36.4. The van der Waals surface area contributed by atoms with Crippen molar-refractivity contribution in [2.45, 2.75) is 32.1 Å². The minimum absolute atomic E-state index is 0.0407. The van der Waals surface area contributed by atoms with Crippen LogP contribution in [0.5, 0.6) is 5.75 Å². The summed E-state index contributed by atoms with van der Waals surface area (Å²) in [5, 5.41) is 13.9. The van der Waals surface area contributed by atoms with Gasteiger partial charge in [-0.05, 0) is 42.5 Å². The van der Waals surface area contributed by atoms with E-state index in [0.717, 1.165) is 0 Å². The van der Waals surface area contributed by atoms with Crippen molar-refractivity contribution < 1.29 is 28.7 Å². The molecule has 176 valence electrons. The molecule has 1 saturated heterocycles. The van der Waals surface area contributed by atoms with Crippen LogP contribution >= 0.6 is 0 Å². The molecule has 1 aliphatic rings. The largest absolute Gasteiger partial charge is 0.492 e. The SMILES string of the molecule is COC(=O)c1cc(NC(=O)C2(c3ccc([N+](=O)[O-])cc3)CCOCC2)ccc1OCC(C)C. The molecule has 1 N–H and O–H groups in total. The zero-order valence-electron chi connectivity index (χ0n) is 19.0. The summed E-state index contributed by atoms with van der Waals surface area (Å²) in [6, 6.07) is 10.9. The van der Waals surface area contributed by atoms with Crippen molar-refractivity contribution >= 4 is 23.3 Å². The number of amides is 1. The van der Waals surface area contributed by atoms with Crippen molar-refractivity contribution in [1.82, 2.24) is 0 Å². The molecular formula is C24H28N2O7. The maximum atomic E-state index is 13.5. The number of hydrogen-bond acceptors (Lipinski definition) is 7. The number of methoxy groups -OCH3 is 1. The highest BCUT2D eigenvalue weighted by Gasteiger charge is 2.42. The molecule has 1 aliphatic heterocycles. The number of benzene rings is 2. The van der Waals surface area contributed by atoms with Crippen molar-refractivity contribution in [1.29, 1.82) is 0 Å². The number of carbonyl (C=O) groups is 2. The van der Waals surface area contributed by atoms with E-state index in [1.54, 1.807) is 24.3 Å². The van der Waals surface area contributed by atoms with Crippen LogP contribution < -0.4 is 10.1 Å². The molecule has 2 aromatic carbocycles. The highest BCUT2D eigenvalue weighted by molar-refractivity contribution is 6.01. The lowest BCUT2D eigenvalue weighted by Gasteiger charge is -2.36. The Morgan fingerprint density at radius 1 is 1.15 bits per heavy atom. The molecule has 0 aliphatic carbocycles. The summed E-state index contributed by atoms with van der Waals surface area (Å²) >= 11 is 0. The minimum atomic E-state index is -0.911. The van der Waals surface area contributed by atoms with Crippen LogP contribution in [0.15, 0.2) is 42.5 Å². The normalized spacial score (nSPS) is 15.0. The molecule has 0 bridgehead atoms. The van der Waals surface area contributed by atoms with Crippen LogP contribution in [0.3, 0.4) is 0 Å². The van der Waals surface area contributed by atoms with Gasteiger partial charge in [0.1, 0.15) is 11.3 Å². The van der Waals surface area contributed by atoms with Crippen LogP contribution in [-0.4, -0.2) is 43.7 Å². The lowest BCUT2D eigenvalue weighted by molar-refractivity contribution is -0.384. The summed E-state index contributed by atoms with van der Waals surface area (Å²) in [5.41, 5.74) is 0.364. The van der Waals surface area contributed by atoms with Gasteiger partial charge >= 0.3 is 5.97 Å². The van der Waals surface area contributed by atoms with Crippen LogP contribution in [0.25, 0.3) is 0 Å². The molecule has 1 heterocycles. The highest BCUT2D eigenvalue weighted by atomic mass is 16.6. The van der Waals surface area contributed by atoms with E-state index in [0.29, 0.717) is 49.7 Å². The average molecular weight is 456 g/mol. The molecule has 2 aromatic rings. The topological polar surface area (TPSA) is 117 Å². The summed E-state index contributed by atoms with van der Waals surface area (Å²) < 4.78 is 16.1. The van der Waals surface area contributed by atoms with Crippen molar-refractivity contribution in [3.05, 3.63) is 63.7 Å². The first kappa shape index (κ1) is 24.2. The van der Waals surface area contributed by atoms with E-state index < -0.39 is 16.3 Å². The van der Waals surface area contributed by atoms with Crippen LogP contribution in [0, 0.1) is 16.0 Å². The lowest BCUT2D eigenvalue weighted by atomic mass is 9.73. The first-order valence-corrected chi connectivity index (χ1v) is 10.8. The van der Waals surface area contributed by atoms with Crippen LogP contribution in [-0.2, 0) is 19.7 Å². The van der Waals surface area contributed by atoms with Gasteiger partial charge in [0.25, 0.3) is 5.69 Å². The predicted molar refractivity (Wildman–Crippen MR) is 122 cm³/mol. The van der Waals surface area contributed by atoms with Gasteiger partial charge in [-0.2, -0.15) is 0 Å². The van der Waals surface area contributed by atoms with Gasteiger partial charge in [-0.1, -0.05) is 26.0 Å². The number of rotatable bonds is 8. The van der Waals surface area contributed by atoms with Gasteiger partial charge in [0.2, 0.25) is 5.91 Å². The maximum Gasteiger partial charge on any atom is 0.341 e. The zero-order chi connectivity index (χ0) is 24.0. The second kappa shape index (κ2) is 10.4. The maximum absolute atomic E-state index is 13.5. The number of anilines is 1. The number of nitrogens with zero attached hydrogens (tertiary/aromatic N) is 1. The quantitative estimate of drug-likeness (QED) is 0.361. The zero-order valence-corrected chi connectivity index (χ0v) is 19.0. The van der Waals surface area contributed by atoms with E-state index in [1.165, 1.54) is 25.3 Å². The van der Waals surface area contributed by atoms with E-state index in [2.05, 4.69) is 5.32 Å². The first-order valence-electron chi connectivity index (χ1n) is 10.8. The van der Waals surface area contributed by atoms with Gasteiger partial charge < -0.3 is 19.5 Å². The number of esters is 1. The van der Waals surface area contributed by atoms with Gasteiger partial charge in [0.15, 0.2) is 0 Å². The Balaban J connectivity index is 1.90. The fourth-order valence-electron chi connectivity index (χ4n) is 3.78. The van der Waals surface area contributed by atoms with Crippen LogP contribution in [0.2, 0.25) is 0 Å². The standard InChI is InChI=1S/C24H28N2O7/c1-16(2)15-33-21-9-6-18(14-20(21)22(27)31-3)25-23(28)24(10-12-32-13-11-24)17-4-7-19(8-5-17)26(29)30/h4-9,14,16H,10-13,15H2,1-3H3,(H,25,28). The molecular weight excluding hydrogens is 428 g/mol. The van der Waals surface area contributed by atoms with Crippen LogP contribution in [0.1, 0.15) is 42.6 Å². The molecule has 1 amide bonds. The van der Waals surface area contributed by atoms with E-state index in [-0.39, 0.29) is 23.1 Å². The lowest BCUT2D eigenvalue weighted by Crippen LogP contribution is -2.44. The summed E-state index contributed by atoms with van der Waals surface area (Å²) in [5.74, 6) is -0.193. The summed E-state index contributed by atoms with van der Waals surface area (Å²) in [6.07, 6.45) is 0.853. The molecule has 9 nitrogen and oxygen atoms in total. The Morgan fingerprint density at radius 2 is 1.82 bits per heavy atom. The smallest absolute Gasteiger partial charge is 0.341 e. The molecule has 0 saturated carbocycles. The van der Waals surface area contributed by atoms with Crippen molar-refractivity contribution in [3.63, 3.8) is 0 Å². The number of hydrogen-bond donors (Lipinski definition) is 1. The van der Waals surface area contributed by atoms with Crippen LogP contribution in [0.4, 0.5) is 11.4 Å². The molecule has 0 unspecified atom stereocenters. The van der Waals surface area contributed by atoms with Gasteiger partial charge in [0.05, 0.1) is 24.1 Å². The minimum Gasteiger partial charge on any atom is -0.492 e. The Morgan fingerprint density at radius 3 is 2.39 bits per heavy atom. The highest BCUT2D eigenvalue weighted by Crippen LogP contribution is 2.37. The number of nitro benzene ring substituents is 1. The van der Waals surface area contributed by atoms with E-state index in [1.807, 2.05) is 13.8 Å². The fraction of sp³-hybridized carbons (Fsp3) is 0.417. The Labute approximate surface area is 192 Å². The molecule has 0 atom stereocenters. The second-order valence-electron chi connectivity index (χ2n) is 8.36. The third-order valence-electron chi connectivity index (χ3n) is 5.63. The molecule has 1 fully saturated rings. The fourth-order valence-corrected chi connectivity index (χ4v) is 3.78. The molecule has 33 heavy (non-hydrogen) atoms.